The van der Waals surface area contributed by atoms with Gasteiger partial charge < -0.3 is 13.3 Å². The van der Waals surface area contributed by atoms with Gasteiger partial charge in [0, 0.05) is 19.8 Å². The van der Waals surface area contributed by atoms with Gasteiger partial charge in [-0.2, -0.15) is 0 Å². The van der Waals surface area contributed by atoms with Crippen molar-refractivity contribution in [3.63, 3.8) is 0 Å². The molecule has 0 radical (unpaired) electrons. The van der Waals surface area contributed by atoms with Gasteiger partial charge in [0.2, 0.25) is 8.87 Å². The maximum Gasteiger partial charge on any atom is 0.517 e. The topological polar surface area (TPSA) is 61.8 Å². The van der Waals surface area contributed by atoms with Crippen LogP contribution in [0.5, 0.6) is 0 Å². The van der Waals surface area contributed by atoms with Crippen molar-refractivity contribution in [1.29, 1.82) is 0 Å². The molecule has 0 unspecified atom stereocenters. The summed E-state index contributed by atoms with van der Waals surface area (Å²) in [6.07, 6.45) is 0. The third-order valence-electron chi connectivity index (χ3n) is 2.39. The van der Waals surface area contributed by atoms with Gasteiger partial charge in [0.15, 0.2) is 0 Å². The summed E-state index contributed by atoms with van der Waals surface area (Å²) in [5.74, 6) is 0. The van der Waals surface area contributed by atoms with Crippen LogP contribution in [-0.4, -0.2) is 42.4 Å². The summed E-state index contributed by atoms with van der Waals surface area (Å²) in [5, 5.41) is -0.293. The molecule has 1 rings (SSSR count). The Morgan fingerprint density at radius 2 is 1.36 bits per heavy atom. The third-order valence-corrected chi connectivity index (χ3v) is 8.61. The Balaban J connectivity index is 0.000000518. The van der Waals surface area contributed by atoms with E-state index in [0.717, 1.165) is 0 Å². The number of rotatable bonds is 8. The predicted octanol–water partition coefficient (Wildman–Crippen LogP) is 2.83. The largest absolute Gasteiger partial charge is 0.517 e. The summed E-state index contributed by atoms with van der Waals surface area (Å²) in [7, 11) is -6.56. The first kappa shape index (κ1) is 21.6. The van der Waals surface area contributed by atoms with Crippen molar-refractivity contribution in [1.82, 2.24) is 0 Å². The monoisotopic (exact) mass is 366 g/mol. The third kappa shape index (κ3) is 10.4. The average molecular weight is 367 g/mol. The van der Waals surface area contributed by atoms with E-state index in [4.69, 9.17) is 13.3 Å². The average Bonchev–Trinajstić information content (AvgIpc) is 2.39. The predicted molar refractivity (Wildman–Crippen MR) is 94.6 cm³/mol. The van der Waals surface area contributed by atoms with Crippen LogP contribution in [0.1, 0.15) is 26.3 Å². The second-order valence-corrected chi connectivity index (χ2v) is 10.6. The summed E-state index contributed by atoms with van der Waals surface area (Å²) in [4.78, 5) is 0. The normalized spacial score (nSPS) is 11.7. The molecule has 0 aliphatic carbocycles. The first-order valence-corrected chi connectivity index (χ1v) is 11.8. The molecule has 8 heteroatoms. The second-order valence-electron chi connectivity index (χ2n) is 4.36. The summed E-state index contributed by atoms with van der Waals surface area (Å²) < 4.78 is 38.3. The quantitative estimate of drug-likeness (QED) is 0.435. The molecule has 0 heterocycles. The van der Waals surface area contributed by atoms with Crippen molar-refractivity contribution < 1.29 is 21.7 Å². The Bertz CT molecular complexity index is 476. The number of hydrogen-bond acceptors (Lipinski definition) is 5. The van der Waals surface area contributed by atoms with Crippen LogP contribution in [0.3, 0.4) is 0 Å². The maximum absolute atomic E-state index is 11.1. The fourth-order valence-electron chi connectivity index (χ4n) is 1.67. The first-order chi connectivity index (χ1) is 10.3. The number of hydrogen-bond donors (Lipinski definition) is 1. The molecule has 5 nitrogen and oxygen atoms in total. The first-order valence-electron chi connectivity index (χ1n) is 7.17. The molecule has 1 aromatic rings. The second kappa shape index (κ2) is 11.2. The summed E-state index contributed by atoms with van der Waals surface area (Å²) in [6.45, 7) is 8.46. The molecule has 0 aliphatic heterocycles. The van der Waals surface area contributed by atoms with Crippen molar-refractivity contribution >= 4 is 29.3 Å². The highest BCUT2D eigenvalue weighted by molar-refractivity contribution is 8.63. The molecular weight excluding hydrogens is 340 g/mol. The van der Waals surface area contributed by atoms with Gasteiger partial charge in [0.05, 0.1) is 0 Å². The lowest BCUT2D eigenvalue weighted by atomic mass is 10.2. The molecule has 0 fully saturated rings. The van der Waals surface area contributed by atoms with Gasteiger partial charge in [0.1, 0.15) is 5.38 Å². The van der Waals surface area contributed by atoms with Crippen LogP contribution in [0.4, 0.5) is 0 Å². The zero-order valence-electron chi connectivity index (χ0n) is 13.6. The van der Waals surface area contributed by atoms with E-state index in [1.807, 2.05) is 18.2 Å². The van der Waals surface area contributed by atoms with E-state index in [9.17, 15) is 8.42 Å². The fourth-order valence-corrected chi connectivity index (χ4v) is 7.45. The van der Waals surface area contributed by atoms with Gasteiger partial charge in [-0.1, -0.05) is 35.9 Å². The van der Waals surface area contributed by atoms with Crippen molar-refractivity contribution in [2.45, 2.75) is 27.7 Å². The molecule has 0 saturated heterocycles. The van der Waals surface area contributed by atoms with Crippen LogP contribution < -0.4 is 0 Å². The Kier molecular flexibility index (Phi) is 11.0. The maximum atomic E-state index is 11.1. The van der Waals surface area contributed by atoms with Crippen LogP contribution in [0.25, 0.3) is 0 Å². The van der Waals surface area contributed by atoms with Crippen molar-refractivity contribution in [2.24, 2.45) is 0 Å². The van der Waals surface area contributed by atoms with Gasteiger partial charge in [-0.05, 0) is 39.4 Å². The lowest BCUT2D eigenvalue weighted by Crippen LogP contribution is -2.51. The van der Waals surface area contributed by atoms with E-state index in [2.05, 4.69) is 30.7 Å². The summed E-state index contributed by atoms with van der Waals surface area (Å²) in [6, 6.07) is 10.3. The summed E-state index contributed by atoms with van der Waals surface area (Å²) in [5.41, 5.74) is 1.32. The molecule has 1 aromatic carbocycles. The van der Waals surface area contributed by atoms with Gasteiger partial charge >= 0.3 is 8.80 Å². The van der Waals surface area contributed by atoms with Crippen molar-refractivity contribution in [3.8, 4) is 0 Å². The van der Waals surface area contributed by atoms with Crippen LogP contribution >= 0.6 is 11.7 Å². The lowest BCUT2D eigenvalue weighted by Gasteiger charge is -2.27. The minimum absolute atomic E-state index is 0.293. The molecule has 0 aliphatic rings. The molecule has 22 heavy (non-hydrogen) atoms. The highest BCUT2D eigenvalue weighted by Gasteiger charge is 2.44. The van der Waals surface area contributed by atoms with Crippen molar-refractivity contribution in [3.05, 3.63) is 35.9 Å². The Morgan fingerprint density at radius 3 is 1.59 bits per heavy atom. The minimum atomic E-state index is -3.47. The molecule has 0 atom stereocenters. The van der Waals surface area contributed by atoms with Gasteiger partial charge in [0.25, 0.3) is 0 Å². The lowest BCUT2D eigenvalue weighted by molar-refractivity contribution is 0.0769. The molecule has 0 spiro atoms. The molecule has 0 bridgehead atoms. The van der Waals surface area contributed by atoms with E-state index in [0.29, 0.717) is 19.8 Å². The molecular formula is C14H26O5S2Si. The van der Waals surface area contributed by atoms with E-state index in [1.165, 1.54) is 5.56 Å². The SMILES string of the molecule is CCO[Si](CS(=O)(=O)S)(OCC)OCC.Cc1ccccc1. The van der Waals surface area contributed by atoms with Crippen molar-refractivity contribution in [2.75, 3.05) is 25.2 Å². The van der Waals surface area contributed by atoms with Gasteiger partial charge in [-0.3, -0.25) is 0 Å². The van der Waals surface area contributed by atoms with Gasteiger partial charge in [-0.25, -0.2) is 8.42 Å². The smallest absolute Gasteiger partial charge is 0.373 e. The van der Waals surface area contributed by atoms with E-state index < -0.39 is 17.7 Å². The summed E-state index contributed by atoms with van der Waals surface area (Å²) >= 11 is 3.49. The number of thiol groups is 1. The highest BCUT2D eigenvalue weighted by atomic mass is 33.1. The Hall–Kier alpha value is -0.383. The van der Waals surface area contributed by atoms with Crippen LogP contribution in [0, 0.1) is 6.92 Å². The zero-order valence-corrected chi connectivity index (χ0v) is 16.3. The molecule has 0 N–H and O–H groups in total. The highest BCUT2D eigenvalue weighted by Crippen LogP contribution is 2.15. The molecule has 0 saturated carbocycles. The minimum Gasteiger partial charge on any atom is -0.373 e. The fraction of sp³-hybridized carbons (Fsp3) is 0.571. The standard InChI is InChI=1S/C7H18O5S2Si.C7H8/c1-4-10-15(11-5-2,12-6-3)7-14(8,9)13;1-7-5-3-2-4-6-7/h4-7H2,1-3H3,(H,8,9,13);2-6H,1H3. The van der Waals surface area contributed by atoms with E-state index in [1.54, 1.807) is 20.8 Å². The Morgan fingerprint density at radius 1 is 0.955 bits per heavy atom. The Labute approximate surface area is 140 Å². The van der Waals surface area contributed by atoms with Crippen LogP contribution in [-0.2, 0) is 22.1 Å². The molecule has 128 valence electrons. The number of benzene rings is 1. The van der Waals surface area contributed by atoms with E-state index >= 15 is 0 Å². The van der Waals surface area contributed by atoms with Crippen LogP contribution in [0.2, 0.25) is 0 Å². The zero-order chi connectivity index (χ0) is 17.1. The van der Waals surface area contributed by atoms with Gasteiger partial charge in [-0.15, -0.1) is 0 Å². The van der Waals surface area contributed by atoms with Crippen LogP contribution in [0.15, 0.2) is 30.3 Å². The molecule has 0 aromatic heterocycles. The van der Waals surface area contributed by atoms with E-state index in [-0.39, 0.29) is 5.38 Å². The number of aryl methyl sites for hydroxylation is 1. The molecule has 0 amide bonds.